The summed E-state index contributed by atoms with van der Waals surface area (Å²) in [5.74, 6) is 1.22. The highest BCUT2D eigenvalue weighted by molar-refractivity contribution is 5.22. The molecule has 0 fully saturated rings. The van der Waals surface area contributed by atoms with Crippen molar-refractivity contribution < 1.29 is 5.11 Å². The van der Waals surface area contributed by atoms with Gasteiger partial charge in [-0.05, 0) is 42.7 Å². The first kappa shape index (κ1) is 17.2. The van der Waals surface area contributed by atoms with E-state index in [2.05, 4.69) is 57.3 Å². The van der Waals surface area contributed by atoms with E-state index in [0.29, 0.717) is 18.4 Å². The lowest BCUT2D eigenvalue weighted by Crippen LogP contribution is -2.38. The standard InChI is InChI=1S/C18H31NO/c1-14(2)10-16-6-8-17(9-7-16)12-19-13-18(5,20)11-15(3)4/h6-9,14-15,19-20H,10-13H2,1-5H3. The summed E-state index contributed by atoms with van der Waals surface area (Å²) < 4.78 is 0. The van der Waals surface area contributed by atoms with Crippen molar-refractivity contribution in [2.75, 3.05) is 6.54 Å². The van der Waals surface area contributed by atoms with E-state index in [1.165, 1.54) is 11.1 Å². The number of nitrogens with one attached hydrogen (secondary N) is 1. The Balaban J connectivity index is 2.38. The first-order valence-corrected chi connectivity index (χ1v) is 7.79. The molecule has 0 heterocycles. The van der Waals surface area contributed by atoms with E-state index in [9.17, 15) is 5.11 Å². The van der Waals surface area contributed by atoms with Crippen molar-refractivity contribution in [3.05, 3.63) is 35.4 Å². The number of benzene rings is 1. The number of hydrogen-bond donors (Lipinski definition) is 2. The molecule has 0 aliphatic carbocycles. The summed E-state index contributed by atoms with van der Waals surface area (Å²) in [6.07, 6.45) is 1.96. The second kappa shape index (κ2) is 7.80. The number of hydrogen-bond acceptors (Lipinski definition) is 2. The maximum absolute atomic E-state index is 10.2. The van der Waals surface area contributed by atoms with Crippen molar-refractivity contribution in [2.45, 2.75) is 59.6 Å². The predicted molar refractivity (Wildman–Crippen MR) is 86.8 cm³/mol. The molecule has 1 aromatic carbocycles. The predicted octanol–water partition coefficient (Wildman–Crippen LogP) is 3.77. The zero-order valence-electron chi connectivity index (χ0n) is 13.7. The minimum absolute atomic E-state index is 0.516. The van der Waals surface area contributed by atoms with Gasteiger partial charge in [0.25, 0.3) is 0 Å². The van der Waals surface area contributed by atoms with Gasteiger partial charge in [-0.1, -0.05) is 52.0 Å². The molecule has 0 spiro atoms. The highest BCUT2D eigenvalue weighted by Crippen LogP contribution is 2.15. The van der Waals surface area contributed by atoms with Crippen LogP contribution < -0.4 is 5.32 Å². The molecular weight excluding hydrogens is 246 g/mol. The molecule has 20 heavy (non-hydrogen) atoms. The summed E-state index contributed by atoms with van der Waals surface area (Å²) in [5, 5.41) is 13.6. The maximum Gasteiger partial charge on any atom is 0.0746 e. The summed E-state index contributed by atoms with van der Waals surface area (Å²) in [4.78, 5) is 0. The van der Waals surface area contributed by atoms with Crippen molar-refractivity contribution in [1.29, 1.82) is 0 Å². The molecular formula is C18H31NO. The molecule has 1 atom stereocenters. The van der Waals surface area contributed by atoms with Crippen molar-refractivity contribution in [1.82, 2.24) is 5.32 Å². The van der Waals surface area contributed by atoms with Crippen LogP contribution >= 0.6 is 0 Å². The van der Waals surface area contributed by atoms with Gasteiger partial charge in [-0.2, -0.15) is 0 Å². The largest absolute Gasteiger partial charge is 0.389 e. The fourth-order valence-corrected chi connectivity index (χ4v) is 2.69. The normalized spacial score (nSPS) is 14.8. The van der Waals surface area contributed by atoms with Gasteiger partial charge in [-0.25, -0.2) is 0 Å². The third-order valence-corrected chi connectivity index (χ3v) is 3.35. The molecule has 0 amide bonds. The van der Waals surface area contributed by atoms with Gasteiger partial charge in [-0.3, -0.25) is 0 Å². The lowest BCUT2D eigenvalue weighted by molar-refractivity contribution is 0.0383. The molecule has 0 aliphatic rings. The monoisotopic (exact) mass is 277 g/mol. The van der Waals surface area contributed by atoms with Crippen LogP contribution in [0.1, 0.15) is 52.2 Å². The van der Waals surface area contributed by atoms with E-state index in [1.807, 2.05) is 6.92 Å². The van der Waals surface area contributed by atoms with E-state index in [1.54, 1.807) is 0 Å². The summed E-state index contributed by atoms with van der Waals surface area (Å²) in [6, 6.07) is 8.79. The molecule has 0 radical (unpaired) electrons. The summed E-state index contributed by atoms with van der Waals surface area (Å²) in [6.45, 7) is 12.1. The minimum Gasteiger partial charge on any atom is -0.389 e. The van der Waals surface area contributed by atoms with Crippen molar-refractivity contribution >= 4 is 0 Å². The Labute approximate surface area is 124 Å². The van der Waals surface area contributed by atoms with Crippen LogP contribution in [0.5, 0.6) is 0 Å². The van der Waals surface area contributed by atoms with Crippen molar-refractivity contribution in [3.63, 3.8) is 0 Å². The zero-order valence-corrected chi connectivity index (χ0v) is 13.7. The summed E-state index contributed by atoms with van der Waals surface area (Å²) in [7, 11) is 0. The molecule has 2 heteroatoms. The second-order valence-corrected chi connectivity index (χ2v) is 7.11. The fraction of sp³-hybridized carbons (Fsp3) is 0.667. The van der Waals surface area contributed by atoms with Crippen LogP contribution in [-0.4, -0.2) is 17.3 Å². The summed E-state index contributed by atoms with van der Waals surface area (Å²) in [5.41, 5.74) is 2.06. The Morgan fingerprint density at radius 3 is 2.05 bits per heavy atom. The molecule has 1 aromatic rings. The highest BCUT2D eigenvalue weighted by atomic mass is 16.3. The quantitative estimate of drug-likeness (QED) is 0.758. The Morgan fingerprint density at radius 1 is 1.00 bits per heavy atom. The number of rotatable bonds is 8. The average molecular weight is 277 g/mol. The molecule has 0 saturated heterocycles. The molecule has 2 N–H and O–H groups in total. The van der Waals surface area contributed by atoms with E-state index in [4.69, 9.17) is 0 Å². The van der Waals surface area contributed by atoms with E-state index < -0.39 is 5.60 Å². The highest BCUT2D eigenvalue weighted by Gasteiger charge is 2.20. The van der Waals surface area contributed by atoms with Gasteiger partial charge in [0.05, 0.1) is 5.60 Å². The third-order valence-electron chi connectivity index (χ3n) is 3.35. The fourth-order valence-electron chi connectivity index (χ4n) is 2.69. The Bertz CT molecular complexity index is 379. The Kier molecular flexibility index (Phi) is 6.70. The van der Waals surface area contributed by atoms with Crippen molar-refractivity contribution in [3.8, 4) is 0 Å². The zero-order chi connectivity index (χ0) is 15.2. The molecule has 0 aliphatic heterocycles. The lowest BCUT2D eigenvalue weighted by Gasteiger charge is -2.25. The van der Waals surface area contributed by atoms with Crippen LogP contribution in [-0.2, 0) is 13.0 Å². The van der Waals surface area contributed by atoms with Gasteiger partial charge in [0, 0.05) is 13.1 Å². The van der Waals surface area contributed by atoms with Gasteiger partial charge in [0.2, 0.25) is 0 Å². The molecule has 1 rings (SSSR count). The van der Waals surface area contributed by atoms with Gasteiger partial charge in [-0.15, -0.1) is 0 Å². The van der Waals surface area contributed by atoms with Gasteiger partial charge in [0.1, 0.15) is 0 Å². The minimum atomic E-state index is -0.619. The first-order valence-electron chi connectivity index (χ1n) is 7.79. The van der Waals surface area contributed by atoms with E-state index in [0.717, 1.165) is 19.4 Å². The Morgan fingerprint density at radius 2 is 1.55 bits per heavy atom. The van der Waals surface area contributed by atoms with Gasteiger partial charge >= 0.3 is 0 Å². The summed E-state index contributed by atoms with van der Waals surface area (Å²) >= 11 is 0. The van der Waals surface area contributed by atoms with Crippen molar-refractivity contribution in [2.24, 2.45) is 11.8 Å². The smallest absolute Gasteiger partial charge is 0.0746 e. The molecule has 114 valence electrons. The van der Waals surface area contributed by atoms with Gasteiger partial charge in [0.15, 0.2) is 0 Å². The van der Waals surface area contributed by atoms with E-state index >= 15 is 0 Å². The molecule has 0 bridgehead atoms. The van der Waals surface area contributed by atoms with Gasteiger partial charge < -0.3 is 10.4 Å². The van der Waals surface area contributed by atoms with Crippen LogP contribution in [0.25, 0.3) is 0 Å². The van der Waals surface area contributed by atoms with Crippen LogP contribution in [0.15, 0.2) is 24.3 Å². The second-order valence-electron chi connectivity index (χ2n) is 7.11. The van der Waals surface area contributed by atoms with Crippen LogP contribution in [0.2, 0.25) is 0 Å². The molecule has 2 nitrogen and oxygen atoms in total. The van der Waals surface area contributed by atoms with Crippen LogP contribution in [0.4, 0.5) is 0 Å². The molecule has 0 saturated carbocycles. The lowest BCUT2D eigenvalue weighted by atomic mass is 9.94. The van der Waals surface area contributed by atoms with Crippen LogP contribution in [0.3, 0.4) is 0 Å². The molecule has 0 aromatic heterocycles. The third kappa shape index (κ3) is 7.06. The number of aliphatic hydroxyl groups is 1. The Hall–Kier alpha value is -0.860. The molecule has 1 unspecified atom stereocenters. The van der Waals surface area contributed by atoms with E-state index in [-0.39, 0.29) is 0 Å². The van der Waals surface area contributed by atoms with Crippen LogP contribution in [0, 0.1) is 11.8 Å². The first-order chi connectivity index (χ1) is 9.28. The SMILES string of the molecule is CC(C)Cc1ccc(CNCC(C)(O)CC(C)C)cc1. The maximum atomic E-state index is 10.2. The topological polar surface area (TPSA) is 32.3 Å². The average Bonchev–Trinajstić information content (AvgIpc) is 2.28.